The van der Waals surface area contributed by atoms with Crippen LogP contribution in [0.2, 0.25) is 0 Å². The maximum atomic E-state index is 12.6. The smallest absolute Gasteiger partial charge is 0.323 e. The number of rotatable bonds is 4. The van der Waals surface area contributed by atoms with Crippen LogP contribution < -0.4 is 15.9 Å². The second-order valence-corrected chi connectivity index (χ2v) is 6.72. The summed E-state index contributed by atoms with van der Waals surface area (Å²) in [6, 6.07) is 11.0. The van der Waals surface area contributed by atoms with E-state index in [0.29, 0.717) is 11.2 Å². The third kappa shape index (κ3) is 3.70. The number of carbonyl (C=O) groups excluding carboxylic acids is 1. The largest absolute Gasteiger partial charge is 0.354 e. The summed E-state index contributed by atoms with van der Waals surface area (Å²) in [7, 11) is 0. The quantitative estimate of drug-likeness (QED) is 0.649. The molecule has 3 N–H and O–H groups in total. The Morgan fingerprint density at radius 1 is 1.11 bits per heavy atom. The molecule has 2 aromatic heterocycles. The Hall–Kier alpha value is -3.13. The molecule has 4 rings (SSSR count). The predicted molar refractivity (Wildman–Crippen MR) is 105 cm³/mol. The Morgan fingerprint density at radius 2 is 1.89 bits per heavy atom. The second kappa shape index (κ2) is 7.24. The fraction of sp³-hybridized carbons (Fsp3) is 0.316. The van der Waals surface area contributed by atoms with E-state index >= 15 is 0 Å². The van der Waals surface area contributed by atoms with Crippen LogP contribution in [0.15, 0.2) is 47.4 Å². The molecule has 1 aromatic carbocycles. The van der Waals surface area contributed by atoms with Gasteiger partial charge in [-0.2, -0.15) is 0 Å². The highest BCUT2D eigenvalue weighted by Gasteiger charge is 2.26. The van der Waals surface area contributed by atoms with Gasteiger partial charge in [0.05, 0.1) is 17.1 Å². The summed E-state index contributed by atoms with van der Waals surface area (Å²) in [6.45, 7) is 5.20. The molecule has 1 aliphatic heterocycles. The molecule has 8 nitrogen and oxygen atoms in total. The van der Waals surface area contributed by atoms with Crippen LogP contribution in [0.1, 0.15) is 6.92 Å². The number of amides is 1. The predicted octanol–water partition coefficient (Wildman–Crippen LogP) is 1.40. The Labute approximate surface area is 156 Å². The van der Waals surface area contributed by atoms with Gasteiger partial charge in [0.15, 0.2) is 0 Å². The van der Waals surface area contributed by atoms with E-state index in [0.717, 1.165) is 37.5 Å². The van der Waals surface area contributed by atoms with Crippen molar-refractivity contribution in [1.29, 1.82) is 0 Å². The molecular formula is C19H22N6O2. The summed E-state index contributed by atoms with van der Waals surface area (Å²) in [5, 5.41) is 2.94. The number of pyridine rings is 1. The van der Waals surface area contributed by atoms with E-state index in [2.05, 4.69) is 30.1 Å². The number of anilines is 2. The van der Waals surface area contributed by atoms with E-state index in [9.17, 15) is 9.59 Å². The van der Waals surface area contributed by atoms with Crippen molar-refractivity contribution in [2.45, 2.75) is 13.0 Å². The number of hydrogen-bond acceptors (Lipinski definition) is 5. The van der Waals surface area contributed by atoms with Gasteiger partial charge < -0.3 is 20.2 Å². The molecule has 0 saturated carbocycles. The molecule has 0 bridgehead atoms. The number of carbonyl (C=O) groups is 1. The van der Waals surface area contributed by atoms with E-state index in [4.69, 9.17) is 0 Å². The number of nitrogens with zero attached hydrogens (tertiary/aromatic N) is 3. The SMILES string of the molecule is C[C@@H](C(=O)Nc1ccc2[nH]c(=O)[nH]c2c1)N1CCN(c2ccccn2)CC1. The van der Waals surface area contributed by atoms with Crippen molar-refractivity contribution in [3.63, 3.8) is 0 Å². The molecule has 1 atom stereocenters. The van der Waals surface area contributed by atoms with Gasteiger partial charge in [-0.15, -0.1) is 0 Å². The molecular weight excluding hydrogens is 344 g/mol. The first-order valence-electron chi connectivity index (χ1n) is 9.03. The van der Waals surface area contributed by atoms with E-state index in [1.165, 1.54) is 0 Å². The van der Waals surface area contributed by atoms with Crippen molar-refractivity contribution < 1.29 is 4.79 Å². The standard InChI is InChI=1S/C19H22N6O2/c1-13(24-8-10-25(11-9-24)17-4-2-3-7-20-17)18(26)21-14-5-6-15-16(12-14)23-19(27)22-15/h2-7,12-13H,8-11H2,1H3,(H,21,26)(H2,22,23,27)/t13-/m0/s1. The summed E-state index contributed by atoms with van der Waals surface area (Å²) < 4.78 is 0. The molecule has 1 fully saturated rings. The Bertz CT molecular complexity index is 988. The number of piperazine rings is 1. The highest BCUT2D eigenvalue weighted by molar-refractivity contribution is 5.96. The fourth-order valence-electron chi connectivity index (χ4n) is 3.40. The summed E-state index contributed by atoms with van der Waals surface area (Å²) in [5.41, 5.74) is 1.81. The zero-order chi connectivity index (χ0) is 18.8. The monoisotopic (exact) mass is 366 g/mol. The first-order valence-corrected chi connectivity index (χ1v) is 9.03. The number of aromatic amines is 2. The Balaban J connectivity index is 1.37. The van der Waals surface area contributed by atoms with Gasteiger partial charge in [0.2, 0.25) is 5.91 Å². The molecule has 1 saturated heterocycles. The minimum atomic E-state index is -0.257. The Kier molecular flexibility index (Phi) is 4.64. The number of fused-ring (bicyclic) bond motifs is 1. The first-order chi connectivity index (χ1) is 13.1. The molecule has 1 amide bonds. The van der Waals surface area contributed by atoms with Crippen molar-refractivity contribution in [2.24, 2.45) is 0 Å². The normalized spacial score (nSPS) is 16.4. The van der Waals surface area contributed by atoms with Crippen LogP contribution in [0.3, 0.4) is 0 Å². The molecule has 0 radical (unpaired) electrons. The van der Waals surface area contributed by atoms with Crippen molar-refractivity contribution in [3.05, 3.63) is 53.1 Å². The van der Waals surface area contributed by atoms with Gasteiger partial charge in [-0.25, -0.2) is 9.78 Å². The molecule has 3 aromatic rings. The van der Waals surface area contributed by atoms with Crippen molar-refractivity contribution in [2.75, 3.05) is 36.4 Å². The lowest BCUT2D eigenvalue weighted by Gasteiger charge is -2.37. The molecule has 8 heteroatoms. The summed E-state index contributed by atoms with van der Waals surface area (Å²) in [5.74, 6) is 0.918. The third-order valence-corrected chi connectivity index (χ3v) is 5.00. The van der Waals surface area contributed by atoms with Crippen molar-refractivity contribution in [3.8, 4) is 0 Å². The summed E-state index contributed by atoms with van der Waals surface area (Å²) >= 11 is 0. The lowest BCUT2D eigenvalue weighted by Crippen LogP contribution is -2.53. The van der Waals surface area contributed by atoms with E-state index < -0.39 is 0 Å². The maximum absolute atomic E-state index is 12.6. The molecule has 0 aliphatic carbocycles. The van der Waals surface area contributed by atoms with Gasteiger partial charge in [-0.05, 0) is 37.3 Å². The average Bonchev–Trinajstić information content (AvgIpc) is 3.07. The number of benzene rings is 1. The van der Waals surface area contributed by atoms with Crippen LogP contribution in [-0.2, 0) is 4.79 Å². The van der Waals surface area contributed by atoms with Crippen LogP contribution in [0, 0.1) is 0 Å². The lowest BCUT2D eigenvalue weighted by atomic mass is 10.2. The number of aromatic nitrogens is 3. The zero-order valence-electron chi connectivity index (χ0n) is 15.1. The molecule has 140 valence electrons. The van der Waals surface area contributed by atoms with E-state index in [1.807, 2.05) is 25.1 Å². The zero-order valence-corrected chi connectivity index (χ0v) is 15.1. The third-order valence-electron chi connectivity index (χ3n) is 5.00. The van der Waals surface area contributed by atoms with Crippen molar-refractivity contribution in [1.82, 2.24) is 19.9 Å². The number of imidazole rings is 1. The number of nitrogens with one attached hydrogen (secondary N) is 3. The van der Waals surface area contributed by atoms with Crippen molar-refractivity contribution >= 4 is 28.4 Å². The van der Waals surface area contributed by atoms with Crippen LogP contribution in [-0.4, -0.2) is 58.0 Å². The summed E-state index contributed by atoms with van der Waals surface area (Å²) in [6.07, 6.45) is 1.80. The van der Waals surface area contributed by atoms with Crippen LogP contribution in [0.25, 0.3) is 11.0 Å². The van der Waals surface area contributed by atoms with Crippen LogP contribution in [0.4, 0.5) is 11.5 Å². The van der Waals surface area contributed by atoms with Gasteiger partial charge in [0.25, 0.3) is 0 Å². The average molecular weight is 366 g/mol. The second-order valence-electron chi connectivity index (χ2n) is 6.72. The fourth-order valence-corrected chi connectivity index (χ4v) is 3.40. The summed E-state index contributed by atoms with van der Waals surface area (Å²) in [4.78, 5) is 38.2. The first kappa shape index (κ1) is 17.3. The van der Waals surface area contributed by atoms with Gasteiger partial charge in [-0.3, -0.25) is 9.69 Å². The van der Waals surface area contributed by atoms with Gasteiger partial charge in [0.1, 0.15) is 5.82 Å². The molecule has 27 heavy (non-hydrogen) atoms. The van der Waals surface area contributed by atoms with Crippen LogP contribution in [0.5, 0.6) is 0 Å². The van der Waals surface area contributed by atoms with E-state index in [-0.39, 0.29) is 17.6 Å². The highest BCUT2D eigenvalue weighted by atomic mass is 16.2. The van der Waals surface area contributed by atoms with Gasteiger partial charge >= 0.3 is 5.69 Å². The molecule has 0 unspecified atom stereocenters. The number of H-pyrrole nitrogens is 2. The Morgan fingerprint density at radius 3 is 2.63 bits per heavy atom. The lowest BCUT2D eigenvalue weighted by molar-refractivity contribution is -0.120. The number of hydrogen-bond donors (Lipinski definition) is 3. The van der Waals surface area contributed by atoms with E-state index in [1.54, 1.807) is 24.4 Å². The molecule has 0 spiro atoms. The highest BCUT2D eigenvalue weighted by Crippen LogP contribution is 2.17. The van der Waals surface area contributed by atoms with Crippen LogP contribution >= 0.6 is 0 Å². The molecule has 1 aliphatic rings. The van der Waals surface area contributed by atoms with Gasteiger partial charge in [0, 0.05) is 38.1 Å². The topological polar surface area (TPSA) is 97.1 Å². The maximum Gasteiger partial charge on any atom is 0.323 e. The minimum Gasteiger partial charge on any atom is -0.354 e. The molecule has 3 heterocycles. The minimum absolute atomic E-state index is 0.0569. The van der Waals surface area contributed by atoms with Gasteiger partial charge in [-0.1, -0.05) is 6.07 Å².